The van der Waals surface area contributed by atoms with E-state index in [1.165, 1.54) is 18.3 Å². The van der Waals surface area contributed by atoms with E-state index < -0.39 is 48.6 Å². The molecule has 3 heterocycles. The first-order valence-corrected chi connectivity index (χ1v) is 8.48. The first kappa shape index (κ1) is 19.5. The van der Waals surface area contributed by atoms with Crippen molar-refractivity contribution in [2.75, 3.05) is 6.61 Å². The van der Waals surface area contributed by atoms with Gasteiger partial charge in [-0.15, -0.1) is 0 Å². The molecular weight excluding hydrogens is 397 g/mol. The second kappa shape index (κ2) is 6.91. The third-order valence-electron chi connectivity index (χ3n) is 4.68. The fourth-order valence-corrected chi connectivity index (χ4v) is 3.14. The van der Waals surface area contributed by atoms with Crippen LogP contribution in [0.5, 0.6) is 0 Å². The van der Waals surface area contributed by atoms with Crippen LogP contribution in [-0.4, -0.2) is 59.8 Å². The van der Waals surface area contributed by atoms with Crippen LogP contribution in [0.1, 0.15) is 11.8 Å². The molecular formula is C17H15F3N4O5. The number of aromatic amines is 1. The van der Waals surface area contributed by atoms with Gasteiger partial charge in [-0.1, -0.05) is 12.1 Å². The summed E-state index contributed by atoms with van der Waals surface area (Å²) in [7, 11) is 0. The summed E-state index contributed by atoms with van der Waals surface area (Å²) >= 11 is 0. The maximum absolute atomic E-state index is 12.7. The lowest BCUT2D eigenvalue weighted by molar-refractivity contribution is -0.137. The molecule has 29 heavy (non-hydrogen) atoms. The number of fused-ring (bicyclic) bond motifs is 1. The van der Waals surface area contributed by atoms with E-state index >= 15 is 0 Å². The molecule has 0 bridgehead atoms. The lowest BCUT2D eigenvalue weighted by atomic mass is 10.1. The molecule has 0 unspecified atom stereocenters. The SMILES string of the molecule is O=c1nc2nc(-c3ccc(C(F)(F)F)cc3)[nH]c2cn1[C@@H]1O[C@H](CO)[C@@H](O)[C@H]1O. The molecule has 0 amide bonds. The van der Waals surface area contributed by atoms with Crippen LogP contribution in [0.15, 0.2) is 35.3 Å². The molecule has 1 fully saturated rings. The lowest BCUT2D eigenvalue weighted by Gasteiger charge is -2.16. The first-order valence-electron chi connectivity index (χ1n) is 8.48. The molecule has 154 valence electrons. The zero-order chi connectivity index (χ0) is 20.9. The predicted molar refractivity (Wildman–Crippen MR) is 91.6 cm³/mol. The molecule has 3 aromatic rings. The van der Waals surface area contributed by atoms with Crippen molar-refractivity contribution in [1.82, 2.24) is 19.5 Å². The quantitative estimate of drug-likeness (QED) is 0.490. The zero-order valence-corrected chi connectivity index (χ0v) is 14.5. The van der Waals surface area contributed by atoms with E-state index in [9.17, 15) is 33.3 Å². The Morgan fingerprint density at radius 3 is 2.41 bits per heavy atom. The van der Waals surface area contributed by atoms with Crippen molar-refractivity contribution in [3.05, 3.63) is 46.5 Å². The van der Waals surface area contributed by atoms with E-state index in [-0.39, 0.29) is 17.0 Å². The van der Waals surface area contributed by atoms with Crippen molar-refractivity contribution >= 4 is 11.2 Å². The van der Waals surface area contributed by atoms with Gasteiger partial charge < -0.3 is 25.0 Å². The summed E-state index contributed by atoms with van der Waals surface area (Å²) < 4.78 is 44.4. The van der Waals surface area contributed by atoms with Crippen molar-refractivity contribution in [3.63, 3.8) is 0 Å². The summed E-state index contributed by atoms with van der Waals surface area (Å²) in [5, 5.41) is 29.1. The third-order valence-corrected chi connectivity index (χ3v) is 4.68. The van der Waals surface area contributed by atoms with Gasteiger partial charge in [0.05, 0.1) is 12.2 Å². The molecule has 9 nitrogen and oxygen atoms in total. The molecule has 0 saturated carbocycles. The van der Waals surface area contributed by atoms with Crippen molar-refractivity contribution in [2.45, 2.75) is 30.7 Å². The Morgan fingerprint density at radius 1 is 1.14 bits per heavy atom. The number of alkyl halides is 3. The van der Waals surface area contributed by atoms with Gasteiger partial charge in [0.2, 0.25) is 0 Å². The lowest BCUT2D eigenvalue weighted by Crippen LogP contribution is -2.35. The van der Waals surface area contributed by atoms with Crippen molar-refractivity contribution in [3.8, 4) is 11.4 Å². The minimum Gasteiger partial charge on any atom is -0.394 e. The summed E-state index contributed by atoms with van der Waals surface area (Å²) in [5.74, 6) is 0.194. The molecule has 2 aromatic heterocycles. The van der Waals surface area contributed by atoms with Gasteiger partial charge in [0.1, 0.15) is 29.7 Å². The maximum Gasteiger partial charge on any atom is 0.416 e. The van der Waals surface area contributed by atoms with Crippen LogP contribution < -0.4 is 5.69 Å². The average molecular weight is 412 g/mol. The number of H-pyrrole nitrogens is 1. The average Bonchev–Trinajstić information content (AvgIpc) is 3.21. The molecule has 4 N–H and O–H groups in total. The molecule has 0 spiro atoms. The standard InChI is InChI=1S/C17H15F3N4O5/c18-17(19,20)8-3-1-7(2-4-8)13-21-9-5-24(16(28)23-14(9)22-13)15-12(27)11(26)10(6-25)29-15/h1-5,10-12,15,25-27H,6H2,(H,21,22,23,28)/t10-,11-,12-,15-/m1/s1. The third kappa shape index (κ3) is 3.40. The van der Waals surface area contributed by atoms with Crippen LogP contribution in [0, 0.1) is 0 Å². The van der Waals surface area contributed by atoms with Crippen molar-refractivity contribution < 1.29 is 33.2 Å². The minimum atomic E-state index is -4.46. The van der Waals surface area contributed by atoms with Crippen LogP contribution in [0.3, 0.4) is 0 Å². The van der Waals surface area contributed by atoms with Crippen LogP contribution >= 0.6 is 0 Å². The number of imidazole rings is 1. The van der Waals surface area contributed by atoms with Crippen LogP contribution in [0.25, 0.3) is 22.6 Å². The number of hydrogen-bond acceptors (Lipinski definition) is 7. The number of hydrogen-bond donors (Lipinski definition) is 4. The molecule has 1 saturated heterocycles. The number of aliphatic hydroxyl groups is 3. The highest BCUT2D eigenvalue weighted by Gasteiger charge is 2.44. The molecule has 12 heteroatoms. The van der Waals surface area contributed by atoms with E-state index in [1.54, 1.807) is 0 Å². The van der Waals surface area contributed by atoms with Gasteiger partial charge in [0, 0.05) is 11.8 Å². The number of nitrogens with one attached hydrogen (secondary N) is 1. The maximum atomic E-state index is 12.7. The van der Waals surface area contributed by atoms with Gasteiger partial charge >= 0.3 is 11.9 Å². The number of rotatable bonds is 3. The molecule has 0 aliphatic carbocycles. The Labute approximate surface area is 160 Å². The monoisotopic (exact) mass is 412 g/mol. The first-order chi connectivity index (χ1) is 13.7. The van der Waals surface area contributed by atoms with E-state index in [0.29, 0.717) is 5.56 Å². The van der Waals surface area contributed by atoms with Crippen LogP contribution in [0.4, 0.5) is 13.2 Å². The minimum absolute atomic E-state index is 0.0212. The highest BCUT2D eigenvalue weighted by Crippen LogP contribution is 2.31. The molecule has 4 rings (SSSR count). The van der Waals surface area contributed by atoms with Crippen molar-refractivity contribution in [1.29, 1.82) is 0 Å². The number of ether oxygens (including phenoxy) is 1. The van der Waals surface area contributed by atoms with Crippen LogP contribution in [0.2, 0.25) is 0 Å². The molecule has 4 atom stereocenters. The highest BCUT2D eigenvalue weighted by molar-refractivity contribution is 5.74. The summed E-state index contributed by atoms with van der Waals surface area (Å²) in [6, 6.07) is 4.29. The molecule has 1 aliphatic heterocycles. The summed E-state index contributed by atoms with van der Waals surface area (Å²) in [6.07, 6.45) is -8.40. The van der Waals surface area contributed by atoms with Gasteiger partial charge in [-0.3, -0.25) is 4.57 Å². The van der Waals surface area contributed by atoms with Gasteiger partial charge in [-0.05, 0) is 12.1 Å². The number of nitrogens with zero attached hydrogens (tertiary/aromatic N) is 3. The van der Waals surface area contributed by atoms with E-state index in [0.717, 1.165) is 16.7 Å². The fourth-order valence-electron chi connectivity index (χ4n) is 3.14. The van der Waals surface area contributed by atoms with Gasteiger partial charge in [0.25, 0.3) is 0 Å². The van der Waals surface area contributed by atoms with Gasteiger partial charge in [-0.2, -0.15) is 18.2 Å². The van der Waals surface area contributed by atoms with E-state index in [1.807, 2.05) is 0 Å². The molecule has 0 radical (unpaired) electrons. The summed E-state index contributed by atoms with van der Waals surface area (Å²) in [4.78, 5) is 23.1. The van der Waals surface area contributed by atoms with Crippen molar-refractivity contribution in [2.24, 2.45) is 0 Å². The summed E-state index contributed by atoms with van der Waals surface area (Å²) in [6.45, 7) is -0.554. The number of aromatic nitrogens is 4. The van der Waals surface area contributed by atoms with Crippen LogP contribution in [-0.2, 0) is 10.9 Å². The normalized spacial score (nSPS) is 25.0. The number of halogens is 3. The van der Waals surface area contributed by atoms with E-state index in [2.05, 4.69) is 15.0 Å². The Morgan fingerprint density at radius 2 is 1.83 bits per heavy atom. The summed E-state index contributed by atoms with van der Waals surface area (Å²) in [5.41, 5.74) is -0.995. The predicted octanol–water partition coefficient (Wildman–Crippen LogP) is 0.417. The Balaban J connectivity index is 1.70. The number of benzene rings is 1. The van der Waals surface area contributed by atoms with Gasteiger partial charge in [-0.25, -0.2) is 9.78 Å². The molecule has 1 aliphatic rings. The smallest absolute Gasteiger partial charge is 0.394 e. The largest absolute Gasteiger partial charge is 0.416 e. The Bertz CT molecular complexity index is 1100. The van der Waals surface area contributed by atoms with Gasteiger partial charge in [0.15, 0.2) is 11.9 Å². The second-order valence-electron chi connectivity index (χ2n) is 6.56. The Kier molecular flexibility index (Phi) is 4.65. The van der Waals surface area contributed by atoms with E-state index in [4.69, 9.17) is 4.74 Å². The Hall–Kier alpha value is -2.80. The fraction of sp³-hybridized carbons (Fsp3) is 0.353. The number of aliphatic hydroxyl groups excluding tert-OH is 3. The topological polar surface area (TPSA) is 133 Å². The second-order valence-corrected chi connectivity index (χ2v) is 6.56. The molecule has 1 aromatic carbocycles. The zero-order valence-electron chi connectivity index (χ0n) is 14.5. The highest BCUT2D eigenvalue weighted by atomic mass is 19.4.